The molecule has 1 saturated heterocycles. The second kappa shape index (κ2) is 8.56. The number of fused-ring (bicyclic) bond motifs is 1. The molecule has 0 spiro atoms. The zero-order chi connectivity index (χ0) is 20.3. The van der Waals surface area contributed by atoms with Gasteiger partial charge in [0, 0.05) is 44.1 Å². The Bertz CT molecular complexity index is 1020. The van der Waals surface area contributed by atoms with Crippen LogP contribution in [0.5, 0.6) is 0 Å². The van der Waals surface area contributed by atoms with Crippen molar-refractivity contribution in [2.45, 2.75) is 32.2 Å². The van der Waals surface area contributed by atoms with Gasteiger partial charge >= 0.3 is 0 Å². The average Bonchev–Trinajstić information content (AvgIpc) is 3.27. The van der Waals surface area contributed by atoms with E-state index in [4.69, 9.17) is 4.98 Å². The highest BCUT2D eigenvalue weighted by molar-refractivity contribution is 7.09. The Labute approximate surface area is 181 Å². The van der Waals surface area contributed by atoms with Gasteiger partial charge in [0.15, 0.2) is 0 Å². The summed E-state index contributed by atoms with van der Waals surface area (Å²) in [5, 5.41) is 0.947. The number of rotatable bonds is 4. The number of aromatic nitrogens is 2. The fraction of sp³-hybridized carbons (Fsp3) is 0.375. The molecule has 0 N–H and O–H groups in total. The molecule has 1 fully saturated rings. The predicted octanol–water partition coefficient (Wildman–Crippen LogP) is 3.93. The minimum atomic E-state index is 0.0467. The van der Waals surface area contributed by atoms with E-state index in [0.29, 0.717) is 5.91 Å². The van der Waals surface area contributed by atoms with Gasteiger partial charge in [-0.15, -0.1) is 0 Å². The zero-order valence-corrected chi connectivity index (χ0v) is 17.9. The van der Waals surface area contributed by atoms with Crippen molar-refractivity contribution in [1.82, 2.24) is 14.3 Å². The predicted molar refractivity (Wildman–Crippen MR) is 120 cm³/mol. The summed E-state index contributed by atoms with van der Waals surface area (Å²) in [4.78, 5) is 22.3. The molecule has 3 aromatic rings. The molecule has 1 aromatic heterocycles. The van der Waals surface area contributed by atoms with E-state index in [1.807, 2.05) is 18.2 Å². The first-order valence-electron chi connectivity index (χ1n) is 10.7. The van der Waals surface area contributed by atoms with Gasteiger partial charge in [-0.25, -0.2) is 4.98 Å². The summed E-state index contributed by atoms with van der Waals surface area (Å²) in [5.41, 5.74) is 3.89. The van der Waals surface area contributed by atoms with Crippen LogP contribution in [0, 0.1) is 5.92 Å². The largest absolute Gasteiger partial charge is 0.346 e. The van der Waals surface area contributed by atoms with E-state index >= 15 is 0 Å². The highest BCUT2D eigenvalue weighted by Gasteiger charge is 2.32. The van der Waals surface area contributed by atoms with Crippen molar-refractivity contribution < 1.29 is 4.79 Å². The van der Waals surface area contributed by atoms with Crippen LogP contribution < -0.4 is 4.90 Å². The lowest BCUT2D eigenvalue weighted by Gasteiger charge is -2.36. The second-order valence-corrected chi connectivity index (χ2v) is 8.95. The smallest absolute Gasteiger partial charge is 0.227 e. The van der Waals surface area contributed by atoms with Crippen LogP contribution in [0.15, 0.2) is 54.6 Å². The molecular formula is C24H26N4OS. The maximum absolute atomic E-state index is 13.3. The SMILES string of the molecule is O=C(C1CCCN(c2nc(Cc3ccccc3)ns2)C1)N1CCc2ccccc2C1. The first-order valence-corrected chi connectivity index (χ1v) is 11.5. The Morgan fingerprint density at radius 3 is 2.70 bits per heavy atom. The molecule has 154 valence electrons. The van der Waals surface area contributed by atoms with Crippen molar-refractivity contribution in [3.8, 4) is 0 Å². The monoisotopic (exact) mass is 418 g/mol. The second-order valence-electron chi connectivity index (χ2n) is 8.22. The van der Waals surface area contributed by atoms with Crippen molar-refractivity contribution in [2.24, 2.45) is 5.92 Å². The summed E-state index contributed by atoms with van der Waals surface area (Å²) in [7, 11) is 0. The van der Waals surface area contributed by atoms with Gasteiger partial charge in [0.2, 0.25) is 11.0 Å². The summed E-state index contributed by atoms with van der Waals surface area (Å²) in [6.07, 6.45) is 3.69. The van der Waals surface area contributed by atoms with Crippen molar-refractivity contribution in [3.05, 3.63) is 77.1 Å². The molecule has 30 heavy (non-hydrogen) atoms. The Morgan fingerprint density at radius 1 is 1.03 bits per heavy atom. The molecule has 2 aliphatic rings. The van der Waals surface area contributed by atoms with Crippen LogP contribution >= 0.6 is 11.5 Å². The topological polar surface area (TPSA) is 49.3 Å². The summed E-state index contributed by atoms with van der Waals surface area (Å²) in [5.74, 6) is 1.20. The third-order valence-electron chi connectivity index (χ3n) is 6.15. The Hall–Kier alpha value is -2.73. The molecule has 2 aliphatic heterocycles. The molecule has 3 heterocycles. The number of benzene rings is 2. The Balaban J connectivity index is 1.24. The quantitative estimate of drug-likeness (QED) is 0.644. The number of carbonyl (C=O) groups excluding carboxylic acids is 1. The lowest BCUT2D eigenvalue weighted by Crippen LogP contribution is -2.46. The number of amides is 1. The van der Waals surface area contributed by atoms with Crippen LogP contribution in [0.2, 0.25) is 0 Å². The van der Waals surface area contributed by atoms with Crippen LogP contribution in [-0.2, 0) is 24.2 Å². The first kappa shape index (κ1) is 19.2. The molecule has 5 rings (SSSR count). The normalized spacial score (nSPS) is 18.9. The maximum Gasteiger partial charge on any atom is 0.227 e. The van der Waals surface area contributed by atoms with E-state index in [-0.39, 0.29) is 5.92 Å². The lowest BCUT2D eigenvalue weighted by atomic mass is 9.94. The summed E-state index contributed by atoms with van der Waals surface area (Å²) in [6, 6.07) is 18.8. The number of anilines is 1. The fourth-order valence-electron chi connectivity index (χ4n) is 4.52. The number of carbonyl (C=O) groups is 1. The highest BCUT2D eigenvalue weighted by atomic mass is 32.1. The number of nitrogens with zero attached hydrogens (tertiary/aromatic N) is 4. The van der Waals surface area contributed by atoms with Gasteiger partial charge in [0.05, 0.1) is 5.92 Å². The highest BCUT2D eigenvalue weighted by Crippen LogP contribution is 2.28. The van der Waals surface area contributed by atoms with Crippen LogP contribution in [0.25, 0.3) is 0 Å². The van der Waals surface area contributed by atoms with Gasteiger partial charge in [-0.05, 0) is 36.0 Å². The third kappa shape index (κ3) is 4.10. The van der Waals surface area contributed by atoms with E-state index in [1.165, 1.54) is 28.2 Å². The van der Waals surface area contributed by atoms with Crippen molar-refractivity contribution in [1.29, 1.82) is 0 Å². The number of hydrogen-bond donors (Lipinski definition) is 0. The maximum atomic E-state index is 13.3. The van der Waals surface area contributed by atoms with Crippen molar-refractivity contribution in [2.75, 3.05) is 24.5 Å². The standard InChI is InChI=1S/C24H26N4OS/c29-23(27-14-12-19-9-4-5-10-20(19)16-27)21-11-6-13-28(17-21)24-25-22(26-30-24)15-18-7-2-1-3-8-18/h1-5,7-10,21H,6,11-17H2. The molecule has 6 heteroatoms. The molecule has 0 radical (unpaired) electrons. The molecule has 1 unspecified atom stereocenters. The number of hydrogen-bond acceptors (Lipinski definition) is 5. The van der Waals surface area contributed by atoms with Crippen LogP contribution in [0.3, 0.4) is 0 Å². The van der Waals surface area contributed by atoms with Crippen molar-refractivity contribution in [3.63, 3.8) is 0 Å². The molecule has 5 nitrogen and oxygen atoms in total. The Morgan fingerprint density at radius 2 is 1.83 bits per heavy atom. The minimum absolute atomic E-state index is 0.0467. The van der Waals surface area contributed by atoms with Gasteiger partial charge in [-0.3, -0.25) is 4.79 Å². The van der Waals surface area contributed by atoms with E-state index in [1.54, 1.807) is 0 Å². The van der Waals surface area contributed by atoms with Crippen LogP contribution in [-0.4, -0.2) is 39.8 Å². The third-order valence-corrected chi connectivity index (χ3v) is 6.96. The lowest BCUT2D eigenvalue weighted by molar-refractivity contribution is -0.136. The van der Waals surface area contributed by atoms with E-state index < -0.39 is 0 Å². The summed E-state index contributed by atoms with van der Waals surface area (Å²) in [6.45, 7) is 3.27. The molecule has 2 aromatic carbocycles. The van der Waals surface area contributed by atoms with Gasteiger partial charge in [-0.2, -0.15) is 4.37 Å². The average molecular weight is 419 g/mol. The van der Waals surface area contributed by atoms with Crippen molar-refractivity contribution >= 4 is 22.6 Å². The fourth-order valence-corrected chi connectivity index (χ4v) is 5.24. The van der Waals surface area contributed by atoms with Crippen LogP contribution in [0.1, 0.15) is 35.4 Å². The Kier molecular flexibility index (Phi) is 5.49. The summed E-state index contributed by atoms with van der Waals surface area (Å²) < 4.78 is 4.56. The molecule has 0 bridgehead atoms. The van der Waals surface area contributed by atoms with Crippen LogP contribution in [0.4, 0.5) is 5.13 Å². The molecule has 0 saturated carbocycles. The minimum Gasteiger partial charge on any atom is -0.346 e. The van der Waals surface area contributed by atoms with Gasteiger partial charge in [0.1, 0.15) is 5.82 Å². The molecular weight excluding hydrogens is 392 g/mol. The van der Waals surface area contributed by atoms with Gasteiger partial charge in [0.25, 0.3) is 0 Å². The van der Waals surface area contributed by atoms with E-state index in [0.717, 1.165) is 62.8 Å². The first-order chi connectivity index (χ1) is 14.8. The van der Waals surface area contributed by atoms with Gasteiger partial charge < -0.3 is 9.80 Å². The molecule has 0 aliphatic carbocycles. The van der Waals surface area contributed by atoms with E-state index in [2.05, 4.69) is 50.6 Å². The van der Waals surface area contributed by atoms with Gasteiger partial charge in [-0.1, -0.05) is 54.6 Å². The molecule has 1 amide bonds. The molecule has 1 atom stereocenters. The summed E-state index contributed by atoms with van der Waals surface area (Å²) >= 11 is 1.46. The zero-order valence-electron chi connectivity index (χ0n) is 17.0. The number of piperidine rings is 1. The van der Waals surface area contributed by atoms with E-state index in [9.17, 15) is 4.79 Å².